The minimum Gasteiger partial charge on any atom is -0.461 e. The Kier molecular flexibility index (Phi) is 14.7. The van der Waals surface area contributed by atoms with Gasteiger partial charge in [0.2, 0.25) is 0 Å². The first-order valence-electron chi connectivity index (χ1n) is 20.7. The number of cyclic esters (lactones) is 1. The summed E-state index contributed by atoms with van der Waals surface area (Å²) in [6.45, 7) is 5.29. The van der Waals surface area contributed by atoms with Gasteiger partial charge in [0.15, 0.2) is 0 Å². The molecule has 2 heterocycles. The number of thioether (sulfide) groups is 1. The zero-order valence-electron chi connectivity index (χ0n) is 34.2. The zero-order valence-corrected chi connectivity index (χ0v) is 36.6. The molecular weight excluding hydrogens is 836 g/mol. The largest absolute Gasteiger partial charge is 0.461 e. The lowest BCUT2D eigenvalue weighted by molar-refractivity contribution is -0.384. The number of benzene rings is 4. The van der Waals surface area contributed by atoms with Crippen LogP contribution in [0.25, 0.3) is 5.57 Å². The van der Waals surface area contributed by atoms with E-state index in [4.69, 9.17) is 16.3 Å². The maximum atomic E-state index is 13.7. The van der Waals surface area contributed by atoms with Crippen LogP contribution in [0.2, 0.25) is 5.02 Å². The predicted octanol–water partition coefficient (Wildman–Crippen LogP) is 7.97. The number of hydrogen-bond donors (Lipinski definition) is 2. The summed E-state index contributed by atoms with van der Waals surface area (Å²) in [5, 5.41) is 16.5. The third-order valence-corrected chi connectivity index (χ3v) is 14.2. The van der Waals surface area contributed by atoms with Crippen LogP contribution < -0.4 is 14.9 Å². The van der Waals surface area contributed by atoms with Gasteiger partial charge in [-0.05, 0) is 111 Å². The van der Waals surface area contributed by atoms with E-state index in [-0.39, 0.29) is 29.5 Å². The van der Waals surface area contributed by atoms with Crippen LogP contribution in [0, 0.1) is 10.1 Å². The van der Waals surface area contributed by atoms with Crippen molar-refractivity contribution in [3.05, 3.63) is 128 Å². The second-order valence-electron chi connectivity index (χ2n) is 15.7. The van der Waals surface area contributed by atoms with E-state index in [0.29, 0.717) is 25.3 Å². The Morgan fingerprint density at radius 1 is 0.934 bits per heavy atom. The summed E-state index contributed by atoms with van der Waals surface area (Å²) in [7, 11) is -2.80. The van der Waals surface area contributed by atoms with Gasteiger partial charge in [0, 0.05) is 78.3 Å². The summed E-state index contributed by atoms with van der Waals surface area (Å²) in [6, 6.07) is 26.1. The molecule has 0 radical (unpaired) electrons. The highest BCUT2D eigenvalue weighted by Gasteiger charge is 2.32. The number of nitrogens with one attached hydrogen (secondary N) is 2. The minimum atomic E-state index is -4.69. The molecule has 1 aliphatic carbocycles. The number of esters is 1. The van der Waals surface area contributed by atoms with Gasteiger partial charge in [-0.15, -0.1) is 11.8 Å². The normalized spacial score (nSPS) is 18.6. The second-order valence-corrected chi connectivity index (χ2v) is 18.9. The van der Waals surface area contributed by atoms with E-state index in [1.165, 1.54) is 36.0 Å². The molecule has 7 rings (SSSR count). The highest BCUT2D eigenvalue weighted by molar-refractivity contribution is 7.99. The van der Waals surface area contributed by atoms with Crippen LogP contribution in [0.1, 0.15) is 64.8 Å². The summed E-state index contributed by atoms with van der Waals surface area (Å²) in [5.41, 5.74) is 4.14. The number of carbonyl (C=O) groups is 2. The van der Waals surface area contributed by atoms with Crippen molar-refractivity contribution >= 4 is 67.9 Å². The van der Waals surface area contributed by atoms with Crippen molar-refractivity contribution in [2.45, 2.75) is 54.4 Å². The number of allylic oxidation sites excluding steroid dienone is 1. The fraction of sp³-hybridized carbons (Fsp3) is 0.378. The van der Waals surface area contributed by atoms with Gasteiger partial charge in [0.1, 0.15) is 12.3 Å². The average molecular weight is 888 g/mol. The van der Waals surface area contributed by atoms with Crippen LogP contribution in [0.5, 0.6) is 0 Å². The lowest BCUT2D eigenvalue weighted by Crippen LogP contribution is -2.47. The summed E-state index contributed by atoms with van der Waals surface area (Å²) in [4.78, 5) is 45.8. The first-order valence-corrected chi connectivity index (χ1v) is 23.5. The predicted molar refractivity (Wildman–Crippen MR) is 241 cm³/mol. The molecule has 0 spiro atoms. The van der Waals surface area contributed by atoms with Gasteiger partial charge < -0.3 is 19.9 Å². The van der Waals surface area contributed by atoms with Gasteiger partial charge in [-0.1, -0.05) is 53.9 Å². The number of hydrogen-bond acceptors (Lipinski definition) is 12. The van der Waals surface area contributed by atoms with Crippen LogP contribution in [0.4, 0.5) is 17.1 Å². The van der Waals surface area contributed by atoms with Crippen LogP contribution in [-0.4, -0.2) is 106 Å². The number of carbonyl (C=O) groups excluding carboxylic acids is 2. The molecule has 2 N–H and O–H groups in total. The molecule has 13 nitrogen and oxygen atoms in total. The van der Waals surface area contributed by atoms with E-state index in [9.17, 15) is 28.1 Å². The monoisotopic (exact) mass is 886 g/mol. The van der Waals surface area contributed by atoms with Crippen molar-refractivity contribution in [3.8, 4) is 0 Å². The van der Waals surface area contributed by atoms with Crippen LogP contribution in [0.15, 0.2) is 106 Å². The van der Waals surface area contributed by atoms with Gasteiger partial charge in [-0.2, -0.15) is 0 Å². The number of ether oxygens (including phenoxy) is 1. The number of nitrogens with zero attached hydrogens (tertiary/aromatic N) is 4. The van der Waals surface area contributed by atoms with Gasteiger partial charge >= 0.3 is 5.97 Å². The number of amides is 1. The molecule has 4 aromatic rings. The van der Waals surface area contributed by atoms with E-state index in [1.54, 1.807) is 36.0 Å². The molecule has 0 aromatic heterocycles. The Balaban J connectivity index is 1.03. The standard InChI is InChI=1S/C45H51ClN6O7S2/c1-49-21-20-36(31-60-38-9-5-3-6-10-38)47-43-41(45(54)59-27-26-49)28-39(29-42(43)52(55)56)61(57,58)48-44(53)33-14-18-37(19-15-33)51-24-22-50(23-25-51)30-34-8-4-2-7-11-40(34)32-12-16-35(46)17-13-32/h3,5-6,9-10,12-19,28-29,36,47H,2,4,7-8,11,20-27,30-31H2,1H3,(H,48,53)/t36-/m1/s1. The molecule has 0 bridgehead atoms. The number of sulfonamides is 1. The van der Waals surface area contributed by atoms with Crippen LogP contribution >= 0.6 is 23.4 Å². The molecule has 1 fully saturated rings. The van der Waals surface area contributed by atoms with Crippen molar-refractivity contribution in [1.82, 2.24) is 14.5 Å². The number of halogens is 1. The number of likely N-dealkylation sites (N-methyl/N-ethyl adjacent to an activating group) is 1. The quantitative estimate of drug-likeness (QED) is 0.0650. The van der Waals surface area contributed by atoms with E-state index in [1.807, 2.05) is 54.4 Å². The van der Waals surface area contributed by atoms with Crippen molar-refractivity contribution < 1.29 is 27.7 Å². The molecule has 4 aromatic carbocycles. The lowest BCUT2D eigenvalue weighted by Gasteiger charge is -2.37. The smallest absolute Gasteiger partial charge is 0.340 e. The van der Waals surface area contributed by atoms with E-state index < -0.39 is 37.4 Å². The van der Waals surface area contributed by atoms with E-state index in [0.717, 1.165) is 73.3 Å². The number of nitro benzene ring substituents is 1. The molecule has 1 amide bonds. The van der Waals surface area contributed by atoms with Crippen molar-refractivity contribution in [2.75, 3.05) is 75.4 Å². The van der Waals surface area contributed by atoms with Crippen molar-refractivity contribution in [2.24, 2.45) is 0 Å². The molecule has 3 aliphatic rings. The SMILES string of the molecule is CN1CCOC(=O)c2cc(S(=O)(=O)NC(=O)c3ccc(N4CCN(CC5=C(c6ccc(Cl)cc6)CCCCC5)CC4)cc3)cc([N+](=O)[O-])c2N[C@@H](CSc2ccccc2)CC1. The lowest BCUT2D eigenvalue weighted by atomic mass is 9.95. The maximum absolute atomic E-state index is 13.7. The van der Waals surface area contributed by atoms with E-state index >= 15 is 0 Å². The summed E-state index contributed by atoms with van der Waals surface area (Å²) < 4.78 is 35.0. The highest BCUT2D eigenvalue weighted by Crippen LogP contribution is 2.36. The Bertz CT molecular complexity index is 2340. The zero-order chi connectivity index (χ0) is 42.9. The number of anilines is 2. The summed E-state index contributed by atoms with van der Waals surface area (Å²) >= 11 is 7.74. The number of nitro groups is 1. The molecule has 1 saturated heterocycles. The molecule has 61 heavy (non-hydrogen) atoms. The number of fused-ring (bicyclic) bond motifs is 1. The summed E-state index contributed by atoms with van der Waals surface area (Å²) in [6.07, 6.45) is 6.36. The van der Waals surface area contributed by atoms with Gasteiger partial charge in [-0.25, -0.2) is 17.9 Å². The Labute approximate surface area is 366 Å². The van der Waals surface area contributed by atoms with Crippen LogP contribution in [0.3, 0.4) is 0 Å². The van der Waals surface area contributed by atoms with E-state index in [2.05, 4.69) is 32.0 Å². The first-order chi connectivity index (χ1) is 29.4. The van der Waals surface area contributed by atoms with Crippen molar-refractivity contribution in [3.63, 3.8) is 0 Å². The molecule has 0 unspecified atom stereocenters. The Morgan fingerprint density at radius 3 is 2.38 bits per heavy atom. The first kappa shape index (κ1) is 44.1. The fourth-order valence-corrected chi connectivity index (χ4v) is 10.1. The topological polar surface area (TPSA) is 154 Å². The Hall–Kier alpha value is -4.93. The molecule has 1 atom stereocenters. The molecule has 322 valence electrons. The van der Waals surface area contributed by atoms with Gasteiger partial charge in [0.25, 0.3) is 21.6 Å². The maximum Gasteiger partial charge on any atom is 0.340 e. The van der Waals surface area contributed by atoms with Gasteiger partial charge in [0.05, 0.1) is 15.4 Å². The number of piperazine rings is 1. The average Bonchev–Trinajstić information content (AvgIpc) is 3.51. The molecule has 16 heteroatoms. The second kappa shape index (κ2) is 20.3. The minimum absolute atomic E-state index is 0.00433. The van der Waals surface area contributed by atoms with Crippen molar-refractivity contribution in [1.29, 1.82) is 0 Å². The highest BCUT2D eigenvalue weighted by atomic mass is 35.5. The number of rotatable bonds is 11. The molecular formula is C45H51ClN6O7S2. The third-order valence-electron chi connectivity index (χ3n) is 11.5. The summed E-state index contributed by atoms with van der Waals surface area (Å²) in [5.74, 6) is -1.32. The van der Waals surface area contributed by atoms with Crippen LogP contribution in [-0.2, 0) is 14.8 Å². The third kappa shape index (κ3) is 11.5. The molecule has 2 aliphatic heterocycles. The fourth-order valence-electron chi connectivity index (χ4n) is 8.00. The van der Waals surface area contributed by atoms with Gasteiger partial charge in [-0.3, -0.25) is 19.8 Å². The molecule has 0 saturated carbocycles. The Morgan fingerprint density at radius 2 is 1.66 bits per heavy atom.